The fourth-order valence-corrected chi connectivity index (χ4v) is 2.73. The van der Waals surface area contributed by atoms with Crippen LogP contribution in [0.15, 0.2) is 24.3 Å². The van der Waals surface area contributed by atoms with Crippen LogP contribution in [0.5, 0.6) is 0 Å². The number of nitrogens with zero attached hydrogens (tertiary/aromatic N) is 1. The lowest BCUT2D eigenvalue weighted by molar-refractivity contribution is 0.0700. The van der Waals surface area contributed by atoms with Crippen molar-refractivity contribution in [2.45, 2.75) is 20.3 Å². The van der Waals surface area contributed by atoms with Gasteiger partial charge >= 0.3 is 5.97 Å². The van der Waals surface area contributed by atoms with Gasteiger partial charge in [-0.15, -0.1) is 11.3 Å². The average molecular weight is 276 g/mol. The van der Waals surface area contributed by atoms with Crippen molar-refractivity contribution >= 4 is 23.0 Å². The first-order valence-electron chi connectivity index (χ1n) is 6.06. The molecule has 19 heavy (non-hydrogen) atoms. The molecule has 1 aromatic heterocycles. The number of benzene rings is 1. The lowest BCUT2D eigenvalue weighted by atomic mass is 10.1. The summed E-state index contributed by atoms with van der Waals surface area (Å²) in [5.41, 5.74) is 7.89. The number of thiazole rings is 1. The van der Waals surface area contributed by atoms with E-state index in [1.807, 2.05) is 26.0 Å². The molecule has 0 bridgehead atoms. The molecule has 0 saturated carbocycles. The van der Waals surface area contributed by atoms with E-state index in [2.05, 4.69) is 4.98 Å². The summed E-state index contributed by atoms with van der Waals surface area (Å²) in [6, 6.07) is 7.30. The lowest BCUT2D eigenvalue weighted by Crippen LogP contribution is -2.02. The molecule has 100 valence electrons. The van der Waals surface area contributed by atoms with Gasteiger partial charge in [-0.25, -0.2) is 9.78 Å². The van der Waals surface area contributed by atoms with E-state index in [9.17, 15) is 9.90 Å². The van der Waals surface area contributed by atoms with Gasteiger partial charge in [0, 0.05) is 11.3 Å². The average Bonchev–Trinajstić information content (AvgIpc) is 2.73. The van der Waals surface area contributed by atoms with Gasteiger partial charge in [-0.2, -0.15) is 0 Å². The normalized spacial score (nSPS) is 10.9. The van der Waals surface area contributed by atoms with Crippen LogP contribution in [0.25, 0.3) is 10.6 Å². The first-order chi connectivity index (χ1) is 8.97. The van der Waals surface area contributed by atoms with E-state index in [0.29, 0.717) is 28.6 Å². The zero-order valence-electron chi connectivity index (χ0n) is 10.9. The van der Waals surface area contributed by atoms with Crippen LogP contribution in [-0.4, -0.2) is 16.1 Å². The Kier molecular flexibility index (Phi) is 3.85. The van der Waals surface area contributed by atoms with Gasteiger partial charge in [0.2, 0.25) is 0 Å². The Hall–Kier alpha value is -1.88. The van der Waals surface area contributed by atoms with Crippen LogP contribution in [0.2, 0.25) is 0 Å². The van der Waals surface area contributed by atoms with Gasteiger partial charge < -0.3 is 10.8 Å². The van der Waals surface area contributed by atoms with Crippen LogP contribution in [-0.2, 0) is 6.42 Å². The predicted octanol–water partition coefficient (Wildman–Crippen LogP) is 3.29. The molecule has 3 N–H and O–H groups in total. The van der Waals surface area contributed by atoms with Crippen molar-refractivity contribution in [2.24, 2.45) is 5.92 Å². The second-order valence-electron chi connectivity index (χ2n) is 4.82. The van der Waals surface area contributed by atoms with Crippen molar-refractivity contribution in [1.82, 2.24) is 4.98 Å². The highest BCUT2D eigenvalue weighted by Crippen LogP contribution is 2.29. The number of aromatic carboxylic acids is 1. The van der Waals surface area contributed by atoms with E-state index >= 15 is 0 Å². The van der Waals surface area contributed by atoms with E-state index < -0.39 is 5.97 Å². The quantitative estimate of drug-likeness (QED) is 0.840. The molecular formula is C14H16N2O2S. The summed E-state index contributed by atoms with van der Waals surface area (Å²) in [4.78, 5) is 16.1. The molecule has 0 saturated heterocycles. The van der Waals surface area contributed by atoms with Crippen molar-refractivity contribution in [3.63, 3.8) is 0 Å². The van der Waals surface area contributed by atoms with E-state index in [1.165, 1.54) is 11.3 Å². The van der Waals surface area contributed by atoms with Crippen LogP contribution in [0.3, 0.4) is 0 Å². The SMILES string of the molecule is CC(C)Cc1nc(-c2ccc(N)cc2)sc1C(=O)O. The highest BCUT2D eigenvalue weighted by atomic mass is 32.1. The summed E-state index contributed by atoms with van der Waals surface area (Å²) in [5, 5.41) is 9.96. The van der Waals surface area contributed by atoms with Gasteiger partial charge in [-0.1, -0.05) is 13.8 Å². The van der Waals surface area contributed by atoms with Crippen LogP contribution in [0, 0.1) is 5.92 Å². The highest BCUT2D eigenvalue weighted by Gasteiger charge is 2.18. The maximum Gasteiger partial charge on any atom is 0.347 e. The molecule has 0 atom stereocenters. The molecule has 0 aliphatic carbocycles. The Balaban J connectivity index is 2.42. The zero-order valence-corrected chi connectivity index (χ0v) is 11.7. The fraction of sp³-hybridized carbons (Fsp3) is 0.286. The van der Waals surface area contributed by atoms with Crippen molar-refractivity contribution in [2.75, 3.05) is 5.73 Å². The minimum Gasteiger partial charge on any atom is -0.477 e. The van der Waals surface area contributed by atoms with Gasteiger partial charge in [0.15, 0.2) is 0 Å². The van der Waals surface area contributed by atoms with Gasteiger partial charge in [0.25, 0.3) is 0 Å². The fourth-order valence-electron chi connectivity index (χ4n) is 1.79. The third kappa shape index (κ3) is 3.12. The third-order valence-corrected chi connectivity index (χ3v) is 3.79. The predicted molar refractivity (Wildman–Crippen MR) is 77.5 cm³/mol. The molecule has 0 unspecified atom stereocenters. The number of rotatable bonds is 4. The van der Waals surface area contributed by atoms with Crippen LogP contribution >= 0.6 is 11.3 Å². The van der Waals surface area contributed by atoms with E-state index in [4.69, 9.17) is 5.73 Å². The number of nitrogens with two attached hydrogens (primary N) is 1. The molecule has 4 nitrogen and oxygen atoms in total. The van der Waals surface area contributed by atoms with E-state index in [0.717, 1.165) is 10.6 Å². The number of carboxylic acids is 1. The van der Waals surface area contributed by atoms with Gasteiger partial charge in [0.1, 0.15) is 9.88 Å². The first-order valence-corrected chi connectivity index (χ1v) is 6.88. The molecule has 0 aliphatic heterocycles. The van der Waals surface area contributed by atoms with Crippen molar-refractivity contribution in [3.8, 4) is 10.6 Å². The summed E-state index contributed by atoms with van der Waals surface area (Å²) >= 11 is 1.22. The maximum atomic E-state index is 11.3. The van der Waals surface area contributed by atoms with Crippen LogP contribution < -0.4 is 5.73 Å². The molecule has 0 spiro atoms. The van der Waals surface area contributed by atoms with E-state index in [-0.39, 0.29) is 0 Å². The summed E-state index contributed by atoms with van der Waals surface area (Å²) in [6.45, 7) is 4.10. The minimum atomic E-state index is -0.908. The Bertz CT molecular complexity index is 588. The first kappa shape index (κ1) is 13.5. The Morgan fingerprint density at radius 3 is 2.53 bits per heavy atom. The monoisotopic (exact) mass is 276 g/mol. The molecule has 0 aliphatic rings. The molecule has 1 heterocycles. The van der Waals surface area contributed by atoms with Crippen LogP contribution in [0.4, 0.5) is 5.69 Å². The number of hydrogen-bond acceptors (Lipinski definition) is 4. The minimum absolute atomic E-state index is 0.334. The lowest BCUT2D eigenvalue weighted by Gasteiger charge is -2.01. The van der Waals surface area contributed by atoms with Crippen molar-refractivity contribution in [1.29, 1.82) is 0 Å². The van der Waals surface area contributed by atoms with Crippen LogP contribution in [0.1, 0.15) is 29.2 Å². The van der Waals surface area contributed by atoms with Crippen molar-refractivity contribution < 1.29 is 9.90 Å². The maximum absolute atomic E-state index is 11.3. The molecule has 0 fully saturated rings. The topological polar surface area (TPSA) is 76.2 Å². The Morgan fingerprint density at radius 2 is 2.00 bits per heavy atom. The molecule has 1 aromatic carbocycles. The Morgan fingerprint density at radius 1 is 1.37 bits per heavy atom. The Labute approximate surface area is 115 Å². The molecule has 0 radical (unpaired) electrons. The molecule has 2 aromatic rings. The number of carbonyl (C=O) groups is 1. The second-order valence-corrected chi connectivity index (χ2v) is 5.82. The summed E-state index contributed by atoms with van der Waals surface area (Å²) in [7, 11) is 0. The third-order valence-electron chi connectivity index (χ3n) is 2.65. The number of nitrogen functional groups attached to an aromatic ring is 1. The number of hydrogen-bond donors (Lipinski definition) is 2. The summed E-state index contributed by atoms with van der Waals surface area (Å²) in [5.74, 6) is -0.533. The molecule has 0 amide bonds. The number of carboxylic acid groups (broad SMARTS) is 1. The highest BCUT2D eigenvalue weighted by molar-refractivity contribution is 7.17. The smallest absolute Gasteiger partial charge is 0.347 e. The van der Waals surface area contributed by atoms with Gasteiger partial charge in [0.05, 0.1) is 5.69 Å². The molecule has 2 rings (SSSR count). The zero-order chi connectivity index (χ0) is 14.0. The largest absolute Gasteiger partial charge is 0.477 e. The van der Waals surface area contributed by atoms with Gasteiger partial charge in [-0.05, 0) is 36.6 Å². The molecule has 5 heteroatoms. The molecular weight excluding hydrogens is 260 g/mol. The summed E-state index contributed by atoms with van der Waals surface area (Å²) in [6.07, 6.45) is 0.674. The van der Waals surface area contributed by atoms with E-state index in [1.54, 1.807) is 12.1 Å². The van der Waals surface area contributed by atoms with Gasteiger partial charge in [-0.3, -0.25) is 0 Å². The number of aromatic nitrogens is 1. The second kappa shape index (κ2) is 5.40. The van der Waals surface area contributed by atoms with Crippen molar-refractivity contribution in [3.05, 3.63) is 34.8 Å². The number of anilines is 1. The standard InChI is InChI=1S/C14H16N2O2S/c1-8(2)7-11-12(14(17)18)19-13(16-11)9-3-5-10(15)6-4-9/h3-6,8H,7,15H2,1-2H3,(H,17,18). The summed E-state index contributed by atoms with van der Waals surface area (Å²) < 4.78 is 0.